The Kier molecular flexibility index (Phi) is 7.78. The van der Waals surface area contributed by atoms with Crippen molar-refractivity contribution < 1.29 is 19.1 Å². The number of carbonyl (C=O) groups excluding carboxylic acids is 3. The molecule has 0 atom stereocenters. The molecular weight excluding hydrogens is 530 g/mol. The number of Topliss-reactive ketones (excluding diaryl/α,β-unsaturated/α-hetero) is 1. The smallest absolute Gasteiger partial charge is 0.316 e. The van der Waals surface area contributed by atoms with E-state index in [0.717, 1.165) is 10.4 Å². The molecule has 0 radical (unpaired) electrons. The number of ether oxygens (including phenoxy) is 1. The standard InChI is InChI=1S/C28H25N7O4S/c1-39-28-31-14-18(15-32-28)23-9-10-24(40-23)26(38)34-27-33-20-13-19(7-8-21(20)35(27)12-11-25(29)37)30-16-22(36)17-5-3-2-4-6-17/h2-10,13-15,30H,11-12,16H2,1H3,(H2,29,37)(H,33,34,38). The minimum absolute atomic E-state index is 0.0443. The second-order valence-electron chi connectivity index (χ2n) is 8.73. The minimum Gasteiger partial charge on any atom is -0.467 e. The van der Waals surface area contributed by atoms with Gasteiger partial charge in [-0.15, -0.1) is 11.3 Å². The molecule has 0 unspecified atom stereocenters. The second-order valence-corrected chi connectivity index (χ2v) is 9.81. The third kappa shape index (κ3) is 5.97. The summed E-state index contributed by atoms with van der Waals surface area (Å²) in [5, 5.41) is 5.99. The lowest BCUT2D eigenvalue weighted by molar-refractivity contribution is -0.118. The number of nitrogens with zero attached hydrogens (tertiary/aromatic N) is 4. The third-order valence-corrected chi connectivity index (χ3v) is 7.16. The van der Waals surface area contributed by atoms with Crippen molar-refractivity contribution in [3.63, 3.8) is 0 Å². The quantitative estimate of drug-likeness (QED) is 0.207. The van der Waals surface area contributed by atoms with Crippen molar-refractivity contribution in [3.05, 3.63) is 83.5 Å². The van der Waals surface area contributed by atoms with E-state index in [1.165, 1.54) is 18.4 Å². The number of fused-ring (bicyclic) bond motifs is 1. The highest BCUT2D eigenvalue weighted by molar-refractivity contribution is 7.17. The first-order valence-electron chi connectivity index (χ1n) is 12.3. The van der Waals surface area contributed by atoms with Crippen molar-refractivity contribution in [1.82, 2.24) is 19.5 Å². The topological polar surface area (TPSA) is 154 Å². The number of nitrogens with one attached hydrogen (secondary N) is 2. The Morgan fingerprint density at radius 3 is 2.52 bits per heavy atom. The molecule has 0 aliphatic heterocycles. The second kappa shape index (κ2) is 11.7. The van der Waals surface area contributed by atoms with E-state index in [0.29, 0.717) is 27.2 Å². The van der Waals surface area contributed by atoms with Crippen molar-refractivity contribution in [1.29, 1.82) is 0 Å². The monoisotopic (exact) mass is 555 g/mol. The highest BCUT2D eigenvalue weighted by Crippen LogP contribution is 2.29. The van der Waals surface area contributed by atoms with Crippen LogP contribution in [0.4, 0.5) is 11.6 Å². The molecule has 5 aromatic rings. The summed E-state index contributed by atoms with van der Waals surface area (Å²) in [6, 6.07) is 18.2. The summed E-state index contributed by atoms with van der Waals surface area (Å²) in [7, 11) is 1.49. The molecule has 202 valence electrons. The highest BCUT2D eigenvalue weighted by Gasteiger charge is 2.18. The molecule has 2 amide bonds. The summed E-state index contributed by atoms with van der Waals surface area (Å²) >= 11 is 1.28. The van der Waals surface area contributed by atoms with Crippen LogP contribution in [0.15, 0.2) is 73.1 Å². The van der Waals surface area contributed by atoms with Gasteiger partial charge in [0.05, 0.1) is 29.6 Å². The number of thiophene rings is 1. The van der Waals surface area contributed by atoms with Gasteiger partial charge in [-0.3, -0.25) is 19.7 Å². The van der Waals surface area contributed by atoms with Crippen LogP contribution in [0.3, 0.4) is 0 Å². The molecule has 2 aromatic carbocycles. The van der Waals surface area contributed by atoms with Gasteiger partial charge < -0.3 is 20.4 Å². The average molecular weight is 556 g/mol. The van der Waals surface area contributed by atoms with Crippen molar-refractivity contribution in [2.75, 3.05) is 24.3 Å². The molecule has 0 bridgehead atoms. The Morgan fingerprint density at radius 1 is 1.02 bits per heavy atom. The number of aromatic nitrogens is 4. The molecular formula is C28H25N7O4S. The molecule has 11 nitrogen and oxygen atoms in total. The predicted octanol–water partition coefficient (Wildman–Crippen LogP) is 3.99. The summed E-state index contributed by atoms with van der Waals surface area (Å²) in [6.45, 7) is 0.348. The van der Waals surface area contributed by atoms with Crippen LogP contribution in [-0.4, -0.2) is 50.8 Å². The SMILES string of the molecule is COc1ncc(-c2ccc(C(=O)Nc3nc4cc(NCC(=O)c5ccccc5)ccc4n3CCC(N)=O)s2)cn1. The summed E-state index contributed by atoms with van der Waals surface area (Å²) in [5.74, 6) is -0.590. The number of amides is 2. The van der Waals surface area contributed by atoms with Crippen LogP contribution in [-0.2, 0) is 11.3 Å². The molecule has 0 fully saturated rings. The number of imidazole rings is 1. The zero-order valence-corrected chi connectivity index (χ0v) is 22.3. The van der Waals surface area contributed by atoms with E-state index in [9.17, 15) is 14.4 Å². The van der Waals surface area contributed by atoms with Crippen LogP contribution >= 0.6 is 11.3 Å². The fourth-order valence-electron chi connectivity index (χ4n) is 4.02. The maximum absolute atomic E-state index is 13.2. The number of hydrogen-bond acceptors (Lipinski definition) is 9. The first-order chi connectivity index (χ1) is 19.4. The van der Waals surface area contributed by atoms with Crippen LogP contribution in [0.2, 0.25) is 0 Å². The van der Waals surface area contributed by atoms with E-state index in [1.807, 2.05) is 36.4 Å². The number of primary amides is 1. The minimum atomic E-state index is -0.471. The summed E-state index contributed by atoms with van der Waals surface area (Å²) in [4.78, 5) is 51.3. The molecule has 40 heavy (non-hydrogen) atoms. The lowest BCUT2D eigenvalue weighted by atomic mass is 10.1. The van der Waals surface area contributed by atoms with Gasteiger partial charge in [-0.1, -0.05) is 30.3 Å². The van der Waals surface area contributed by atoms with Crippen LogP contribution < -0.4 is 21.1 Å². The number of aryl methyl sites for hydroxylation is 1. The van der Waals surface area contributed by atoms with E-state index < -0.39 is 5.91 Å². The molecule has 5 rings (SSSR count). The first kappa shape index (κ1) is 26.5. The maximum atomic E-state index is 13.2. The van der Waals surface area contributed by atoms with E-state index in [-0.39, 0.29) is 43.2 Å². The number of rotatable bonds is 11. The summed E-state index contributed by atoms with van der Waals surface area (Å²) < 4.78 is 6.73. The van der Waals surface area contributed by atoms with Gasteiger partial charge in [0.15, 0.2) is 5.78 Å². The number of anilines is 2. The van der Waals surface area contributed by atoms with E-state index in [4.69, 9.17) is 10.5 Å². The number of ketones is 1. The molecule has 0 saturated carbocycles. The van der Waals surface area contributed by atoms with Crippen molar-refractivity contribution >= 4 is 51.6 Å². The Labute approximate surface area is 233 Å². The lowest BCUT2D eigenvalue weighted by Crippen LogP contribution is -2.18. The van der Waals surface area contributed by atoms with Gasteiger partial charge in [0.2, 0.25) is 11.9 Å². The number of hydrogen-bond donors (Lipinski definition) is 3. The van der Waals surface area contributed by atoms with Crippen LogP contribution in [0.5, 0.6) is 6.01 Å². The first-order valence-corrected chi connectivity index (χ1v) is 13.1. The third-order valence-electron chi connectivity index (χ3n) is 6.03. The Bertz CT molecular complexity index is 1680. The summed E-state index contributed by atoms with van der Waals surface area (Å²) in [6.07, 6.45) is 3.32. The molecule has 4 N–H and O–H groups in total. The van der Waals surface area contributed by atoms with Gasteiger partial charge in [0.25, 0.3) is 5.91 Å². The zero-order valence-electron chi connectivity index (χ0n) is 21.5. The van der Waals surface area contributed by atoms with E-state index in [2.05, 4.69) is 25.6 Å². The van der Waals surface area contributed by atoms with Gasteiger partial charge in [0.1, 0.15) is 0 Å². The number of nitrogens with two attached hydrogens (primary N) is 1. The predicted molar refractivity (Wildman–Crippen MR) is 153 cm³/mol. The largest absolute Gasteiger partial charge is 0.467 e. The highest BCUT2D eigenvalue weighted by atomic mass is 32.1. The van der Waals surface area contributed by atoms with Gasteiger partial charge in [0, 0.05) is 47.1 Å². The molecule has 12 heteroatoms. The van der Waals surface area contributed by atoms with Gasteiger partial charge in [-0.25, -0.2) is 15.0 Å². The molecule has 0 spiro atoms. The lowest BCUT2D eigenvalue weighted by Gasteiger charge is -2.09. The van der Waals surface area contributed by atoms with Gasteiger partial charge in [-0.2, -0.15) is 0 Å². The number of methoxy groups -OCH3 is 1. The van der Waals surface area contributed by atoms with Crippen LogP contribution in [0, 0.1) is 0 Å². The fourth-order valence-corrected chi connectivity index (χ4v) is 4.90. The molecule has 3 heterocycles. The van der Waals surface area contributed by atoms with Crippen molar-refractivity contribution in [3.8, 4) is 16.5 Å². The molecule has 3 aromatic heterocycles. The molecule has 0 aliphatic rings. The molecule has 0 aliphatic carbocycles. The molecule has 0 saturated heterocycles. The average Bonchev–Trinajstić information content (AvgIpc) is 3.60. The van der Waals surface area contributed by atoms with Gasteiger partial charge >= 0.3 is 6.01 Å². The Morgan fingerprint density at radius 2 is 1.80 bits per heavy atom. The summed E-state index contributed by atoms with van der Waals surface area (Å²) in [5.41, 5.74) is 8.75. The van der Waals surface area contributed by atoms with E-state index >= 15 is 0 Å². The van der Waals surface area contributed by atoms with Crippen molar-refractivity contribution in [2.24, 2.45) is 5.73 Å². The van der Waals surface area contributed by atoms with Crippen molar-refractivity contribution in [2.45, 2.75) is 13.0 Å². The maximum Gasteiger partial charge on any atom is 0.316 e. The fraction of sp³-hybridized carbons (Fsp3) is 0.143. The number of carbonyl (C=O) groups is 3. The van der Waals surface area contributed by atoms with Crippen LogP contribution in [0.25, 0.3) is 21.5 Å². The Balaban J connectivity index is 1.36. The van der Waals surface area contributed by atoms with E-state index in [1.54, 1.807) is 41.2 Å². The normalized spacial score (nSPS) is 10.8. The Hall–Kier alpha value is -5.10. The number of benzene rings is 2. The zero-order chi connectivity index (χ0) is 28.1. The van der Waals surface area contributed by atoms with Gasteiger partial charge in [-0.05, 0) is 30.3 Å². The van der Waals surface area contributed by atoms with Crippen LogP contribution in [0.1, 0.15) is 26.5 Å².